The number of halogens is 2. The maximum Gasteiger partial charge on any atom is 0.126 e. The Labute approximate surface area is 116 Å². The van der Waals surface area contributed by atoms with E-state index >= 15 is 0 Å². The van der Waals surface area contributed by atoms with Gasteiger partial charge in [0.1, 0.15) is 11.6 Å². The van der Waals surface area contributed by atoms with Crippen molar-refractivity contribution in [3.8, 4) is 0 Å². The van der Waals surface area contributed by atoms with Crippen LogP contribution in [0.25, 0.3) is 0 Å². The fourth-order valence-electron chi connectivity index (χ4n) is 2.08. The molecule has 2 rings (SSSR count). The van der Waals surface area contributed by atoms with Crippen LogP contribution in [0.1, 0.15) is 29.8 Å². The summed E-state index contributed by atoms with van der Waals surface area (Å²) in [5, 5.41) is 5.48. The van der Waals surface area contributed by atoms with Gasteiger partial charge in [0, 0.05) is 17.0 Å². The molecule has 0 aliphatic heterocycles. The second-order valence-electron chi connectivity index (χ2n) is 4.46. The van der Waals surface area contributed by atoms with Gasteiger partial charge in [-0.25, -0.2) is 8.78 Å². The third-order valence-corrected chi connectivity index (χ3v) is 4.01. The Balaban J connectivity index is 1.88. The average molecular weight is 281 g/mol. The molecule has 1 N–H and O–H groups in total. The predicted octanol–water partition coefficient (Wildman–Crippen LogP) is 4.31. The zero-order valence-electron chi connectivity index (χ0n) is 10.8. The zero-order valence-corrected chi connectivity index (χ0v) is 11.6. The molecule has 0 saturated carbocycles. The van der Waals surface area contributed by atoms with Crippen LogP contribution in [0.15, 0.2) is 35.7 Å². The summed E-state index contributed by atoms with van der Waals surface area (Å²) < 4.78 is 26.1. The summed E-state index contributed by atoms with van der Waals surface area (Å²) in [6.07, 6.45) is 1.62. The van der Waals surface area contributed by atoms with Crippen LogP contribution in [0.3, 0.4) is 0 Å². The molecule has 0 amide bonds. The largest absolute Gasteiger partial charge is 0.309 e. The molecule has 1 unspecified atom stereocenters. The maximum absolute atomic E-state index is 13.0. The first kappa shape index (κ1) is 14.2. The van der Waals surface area contributed by atoms with Crippen LogP contribution in [0, 0.1) is 11.6 Å². The normalized spacial score (nSPS) is 12.6. The van der Waals surface area contributed by atoms with Gasteiger partial charge in [-0.15, -0.1) is 11.3 Å². The molecule has 4 heteroatoms. The SMILES string of the molecule is CCC(NCCc1cc(F)cc(F)c1)c1cccs1. The molecule has 0 saturated heterocycles. The molecule has 1 nitrogen and oxygen atoms in total. The lowest BCUT2D eigenvalue weighted by atomic mass is 10.1. The molecule has 0 spiro atoms. The van der Waals surface area contributed by atoms with E-state index in [9.17, 15) is 8.78 Å². The Morgan fingerprint density at radius 1 is 1.21 bits per heavy atom. The van der Waals surface area contributed by atoms with Gasteiger partial charge < -0.3 is 5.32 Å². The fourth-order valence-corrected chi connectivity index (χ4v) is 2.97. The fraction of sp³-hybridized carbons (Fsp3) is 0.333. The molecule has 1 aromatic carbocycles. The van der Waals surface area contributed by atoms with Crippen molar-refractivity contribution in [2.24, 2.45) is 0 Å². The highest BCUT2D eigenvalue weighted by Gasteiger charge is 2.09. The van der Waals surface area contributed by atoms with Crippen molar-refractivity contribution in [1.29, 1.82) is 0 Å². The van der Waals surface area contributed by atoms with E-state index in [0.29, 0.717) is 24.6 Å². The molecule has 102 valence electrons. The van der Waals surface area contributed by atoms with E-state index < -0.39 is 11.6 Å². The minimum Gasteiger partial charge on any atom is -0.309 e. The van der Waals surface area contributed by atoms with Gasteiger partial charge in [-0.3, -0.25) is 0 Å². The van der Waals surface area contributed by atoms with Gasteiger partial charge in [-0.1, -0.05) is 13.0 Å². The summed E-state index contributed by atoms with van der Waals surface area (Å²) in [6, 6.07) is 8.13. The van der Waals surface area contributed by atoms with Crippen molar-refractivity contribution in [3.63, 3.8) is 0 Å². The molecular weight excluding hydrogens is 264 g/mol. The van der Waals surface area contributed by atoms with E-state index in [1.54, 1.807) is 11.3 Å². The van der Waals surface area contributed by atoms with Gasteiger partial charge in [-0.2, -0.15) is 0 Å². The molecule has 0 aliphatic carbocycles. The molecule has 1 atom stereocenters. The van der Waals surface area contributed by atoms with Crippen molar-refractivity contribution >= 4 is 11.3 Å². The smallest absolute Gasteiger partial charge is 0.126 e. The number of hydrogen-bond acceptors (Lipinski definition) is 2. The maximum atomic E-state index is 13.0. The Bertz CT molecular complexity index is 491. The van der Waals surface area contributed by atoms with E-state index in [0.717, 1.165) is 12.5 Å². The first-order chi connectivity index (χ1) is 9.19. The van der Waals surface area contributed by atoms with Crippen LogP contribution in [0.4, 0.5) is 8.78 Å². The lowest BCUT2D eigenvalue weighted by molar-refractivity contribution is 0.527. The monoisotopic (exact) mass is 281 g/mol. The van der Waals surface area contributed by atoms with Gasteiger partial charge in [0.15, 0.2) is 0 Å². The lowest BCUT2D eigenvalue weighted by Crippen LogP contribution is -2.22. The number of hydrogen-bond donors (Lipinski definition) is 1. The summed E-state index contributed by atoms with van der Waals surface area (Å²) in [4.78, 5) is 1.30. The summed E-state index contributed by atoms with van der Waals surface area (Å²) in [7, 11) is 0. The standard InChI is InChI=1S/C15H17F2NS/c1-2-14(15-4-3-7-19-15)18-6-5-11-8-12(16)10-13(17)9-11/h3-4,7-10,14,18H,2,5-6H2,1H3. The second-order valence-corrected chi connectivity index (χ2v) is 5.44. The minimum absolute atomic E-state index is 0.318. The summed E-state index contributed by atoms with van der Waals surface area (Å²) in [5.74, 6) is -1.03. The molecule has 1 heterocycles. The van der Waals surface area contributed by atoms with E-state index in [4.69, 9.17) is 0 Å². The summed E-state index contributed by atoms with van der Waals surface area (Å²) in [6.45, 7) is 2.83. The minimum atomic E-state index is -0.514. The van der Waals surface area contributed by atoms with E-state index in [1.165, 1.54) is 17.0 Å². The van der Waals surface area contributed by atoms with Crippen molar-refractivity contribution < 1.29 is 8.78 Å². The van der Waals surface area contributed by atoms with Crippen LogP contribution >= 0.6 is 11.3 Å². The molecule has 2 aromatic rings. The average Bonchev–Trinajstić information content (AvgIpc) is 2.87. The van der Waals surface area contributed by atoms with Crippen molar-refractivity contribution in [1.82, 2.24) is 5.32 Å². The van der Waals surface area contributed by atoms with Gasteiger partial charge in [0.05, 0.1) is 0 Å². The quantitative estimate of drug-likeness (QED) is 0.832. The highest BCUT2D eigenvalue weighted by molar-refractivity contribution is 7.10. The van der Waals surface area contributed by atoms with Crippen LogP contribution in [-0.2, 0) is 6.42 Å². The summed E-state index contributed by atoms with van der Waals surface area (Å²) >= 11 is 1.72. The van der Waals surface area contributed by atoms with Crippen molar-refractivity contribution in [2.45, 2.75) is 25.8 Å². The molecule has 19 heavy (non-hydrogen) atoms. The van der Waals surface area contributed by atoms with Gasteiger partial charge >= 0.3 is 0 Å². The van der Waals surface area contributed by atoms with Gasteiger partial charge in [0.25, 0.3) is 0 Å². The Hall–Kier alpha value is -1.26. The third kappa shape index (κ3) is 4.11. The van der Waals surface area contributed by atoms with E-state index in [1.807, 2.05) is 6.07 Å². The highest BCUT2D eigenvalue weighted by Crippen LogP contribution is 2.21. The van der Waals surface area contributed by atoms with Crippen LogP contribution in [-0.4, -0.2) is 6.54 Å². The topological polar surface area (TPSA) is 12.0 Å². The number of benzene rings is 1. The first-order valence-corrected chi connectivity index (χ1v) is 7.28. The first-order valence-electron chi connectivity index (χ1n) is 6.40. The Kier molecular flexibility index (Phi) is 5.05. The summed E-state index contributed by atoms with van der Waals surface area (Å²) in [5.41, 5.74) is 0.686. The highest BCUT2D eigenvalue weighted by atomic mass is 32.1. The molecular formula is C15H17F2NS. The van der Waals surface area contributed by atoms with Crippen molar-refractivity contribution in [3.05, 3.63) is 57.8 Å². The van der Waals surface area contributed by atoms with Crippen LogP contribution < -0.4 is 5.32 Å². The van der Waals surface area contributed by atoms with Gasteiger partial charge in [-0.05, 0) is 48.5 Å². The molecule has 1 aromatic heterocycles. The van der Waals surface area contributed by atoms with Crippen LogP contribution in [0.2, 0.25) is 0 Å². The number of rotatable bonds is 6. The molecule has 0 radical (unpaired) electrons. The zero-order chi connectivity index (χ0) is 13.7. The Morgan fingerprint density at radius 3 is 2.53 bits per heavy atom. The predicted molar refractivity (Wildman–Crippen MR) is 75.4 cm³/mol. The third-order valence-electron chi connectivity index (χ3n) is 3.02. The Morgan fingerprint density at radius 2 is 1.95 bits per heavy atom. The van der Waals surface area contributed by atoms with Gasteiger partial charge in [0.2, 0.25) is 0 Å². The van der Waals surface area contributed by atoms with Crippen molar-refractivity contribution in [2.75, 3.05) is 6.54 Å². The molecule has 0 bridgehead atoms. The van der Waals surface area contributed by atoms with Crippen LogP contribution in [0.5, 0.6) is 0 Å². The van der Waals surface area contributed by atoms with E-state index in [2.05, 4.69) is 23.7 Å². The lowest BCUT2D eigenvalue weighted by Gasteiger charge is -2.15. The van der Waals surface area contributed by atoms with E-state index in [-0.39, 0.29) is 0 Å². The molecule has 0 aliphatic rings. The second kappa shape index (κ2) is 6.78. The number of thiophene rings is 1. The number of nitrogens with one attached hydrogen (secondary N) is 1. The molecule has 0 fully saturated rings.